The van der Waals surface area contributed by atoms with Crippen molar-refractivity contribution in [2.45, 2.75) is 51.6 Å². The second kappa shape index (κ2) is 13.1. The first-order valence-corrected chi connectivity index (χ1v) is 16.3. The molecule has 3 aliphatic rings. The van der Waals surface area contributed by atoms with E-state index in [0.29, 0.717) is 42.3 Å². The van der Waals surface area contributed by atoms with Gasteiger partial charge in [0.2, 0.25) is 0 Å². The number of ether oxygens (including phenoxy) is 1. The summed E-state index contributed by atoms with van der Waals surface area (Å²) < 4.78 is 5.54. The summed E-state index contributed by atoms with van der Waals surface area (Å²) in [5.41, 5.74) is 10.4. The second-order valence-electron chi connectivity index (χ2n) is 11.9. The van der Waals surface area contributed by atoms with Gasteiger partial charge in [-0.2, -0.15) is 0 Å². The highest BCUT2D eigenvalue weighted by molar-refractivity contribution is 7.09. The lowest BCUT2D eigenvalue weighted by atomic mass is 10.0. The molecule has 0 radical (unpaired) electrons. The molecule has 3 saturated heterocycles. The summed E-state index contributed by atoms with van der Waals surface area (Å²) in [6.07, 6.45) is 4.11. The van der Waals surface area contributed by atoms with Crippen LogP contribution >= 0.6 is 11.3 Å². The van der Waals surface area contributed by atoms with Crippen molar-refractivity contribution < 1.29 is 9.53 Å². The molecule has 0 saturated carbocycles. The van der Waals surface area contributed by atoms with Crippen LogP contribution in [0.25, 0.3) is 11.4 Å². The number of hydrogen-bond acceptors (Lipinski definition) is 11. The van der Waals surface area contributed by atoms with E-state index in [2.05, 4.69) is 56.4 Å². The number of rotatable bonds is 8. The average Bonchev–Trinajstić information content (AvgIpc) is 3.44. The molecule has 3 aromatic rings. The van der Waals surface area contributed by atoms with E-state index in [-0.39, 0.29) is 11.7 Å². The zero-order valence-electron chi connectivity index (χ0n) is 25.4. The minimum Gasteiger partial charge on any atom is -0.381 e. The molecule has 3 aliphatic heterocycles. The number of primary amides is 1. The highest BCUT2D eigenvalue weighted by atomic mass is 32.1. The lowest BCUT2D eigenvalue weighted by molar-refractivity contribution is 0.0904. The largest absolute Gasteiger partial charge is 0.381 e. The standard InChI is InChI=1S/C31H43N9O2S/c1-20-18-23(4-5-26(20)40-10-6-24(7-11-40)39-14-12-38(3)13-15-39)35-31-28(29(32)41)36-27(25-19-43-21(2)33-25)30(37-31)34-22-8-16-42-17-9-22/h4-5,18-19,22,24H,6-17H2,1-3H3,(H2,32,41)(H2,34,35,37). The van der Waals surface area contributed by atoms with Crippen LogP contribution in [-0.2, 0) is 4.74 Å². The molecular formula is C31H43N9O2S. The molecule has 43 heavy (non-hydrogen) atoms. The summed E-state index contributed by atoms with van der Waals surface area (Å²) in [5, 5.41) is 9.75. The van der Waals surface area contributed by atoms with Gasteiger partial charge in [0.1, 0.15) is 11.4 Å². The minimum atomic E-state index is -0.641. The Morgan fingerprint density at radius 1 is 0.977 bits per heavy atom. The summed E-state index contributed by atoms with van der Waals surface area (Å²) in [5.74, 6) is 0.275. The minimum absolute atomic E-state index is 0.0888. The van der Waals surface area contributed by atoms with Gasteiger partial charge in [0.25, 0.3) is 5.91 Å². The zero-order chi connectivity index (χ0) is 29.9. The summed E-state index contributed by atoms with van der Waals surface area (Å²) in [4.78, 5) is 34.4. The number of amides is 1. The van der Waals surface area contributed by atoms with E-state index in [9.17, 15) is 4.79 Å². The molecule has 1 amide bonds. The van der Waals surface area contributed by atoms with Crippen molar-refractivity contribution in [3.63, 3.8) is 0 Å². The summed E-state index contributed by atoms with van der Waals surface area (Å²) in [6.45, 7) is 12.3. The molecular weight excluding hydrogens is 562 g/mol. The van der Waals surface area contributed by atoms with Gasteiger partial charge in [-0.05, 0) is 70.3 Å². The Bertz CT molecular complexity index is 1420. The Labute approximate surface area is 257 Å². The third-order valence-electron chi connectivity index (χ3n) is 8.87. The molecule has 0 bridgehead atoms. The highest BCUT2D eigenvalue weighted by Gasteiger charge is 2.28. The first kappa shape index (κ1) is 29.7. The number of nitrogens with zero attached hydrogens (tertiary/aromatic N) is 6. The zero-order valence-corrected chi connectivity index (χ0v) is 26.3. The number of hydrogen-bond donors (Lipinski definition) is 3. The molecule has 11 nitrogen and oxygen atoms in total. The van der Waals surface area contributed by atoms with Crippen LogP contribution < -0.4 is 21.3 Å². The van der Waals surface area contributed by atoms with Crippen molar-refractivity contribution in [3.05, 3.63) is 39.8 Å². The van der Waals surface area contributed by atoms with Crippen molar-refractivity contribution >= 4 is 40.3 Å². The molecule has 12 heteroatoms. The number of carbonyl (C=O) groups is 1. The van der Waals surface area contributed by atoms with Gasteiger partial charge in [0.15, 0.2) is 17.3 Å². The fraction of sp³-hybridized carbons (Fsp3) is 0.548. The molecule has 5 heterocycles. The number of nitrogens with two attached hydrogens (primary N) is 1. The van der Waals surface area contributed by atoms with E-state index < -0.39 is 5.91 Å². The van der Waals surface area contributed by atoms with E-state index in [1.807, 2.05) is 18.4 Å². The van der Waals surface area contributed by atoms with Gasteiger partial charge in [-0.25, -0.2) is 15.0 Å². The number of anilines is 4. The third kappa shape index (κ3) is 6.93. The van der Waals surface area contributed by atoms with Gasteiger partial charge < -0.3 is 30.9 Å². The lowest BCUT2D eigenvalue weighted by Gasteiger charge is -2.43. The maximum absolute atomic E-state index is 12.6. The number of benzene rings is 1. The van der Waals surface area contributed by atoms with Gasteiger partial charge >= 0.3 is 0 Å². The van der Waals surface area contributed by atoms with Gasteiger partial charge in [-0.1, -0.05) is 0 Å². The van der Waals surface area contributed by atoms with Crippen molar-refractivity contribution in [1.82, 2.24) is 24.8 Å². The number of likely N-dealkylation sites (N-methyl/N-ethyl adjacent to an activating group) is 1. The van der Waals surface area contributed by atoms with Crippen molar-refractivity contribution in [1.29, 1.82) is 0 Å². The van der Waals surface area contributed by atoms with Gasteiger partial charge in [0, 0.05) is 81.3 Å². The van der Waals surface area contributed by atoms with Gasteiger partial charge in [0.05, 0.1) is 5.01 Å². The fourth-order valence-electron chi connectivity index (χ4n) is 6.36. The summed E-state index contributed by atoms with van der Waals surface area (Å²) >= 11 is 1.53. The van der Waals surface area contributed by atoms with E-state index in [1.165, 1.54) is 48.5 Å². The van der Waals surface area contributed by atoms with Crippen LogP contribution in [0.2, 0.25) is 0 Å². The average molecular weight is 606 g/mol. The first-order chi connectivity index (χ1) is 20.8. The SMILES string of the molecule is Cc1nc(-c2nc(C(N)=O)c(Nc3ccc(N4CCC(N5CCN(C)CC5)CC4)c(C)c3)nc2NC2CCOCC2)cs1. The van der Waals surface area contributed by atoms with E-state index in [4.69, 9.17) is 20.4 Å². The first-order valence-electron chi connectivity index (χ1n) is 15.4. The smallest absolute Gasteiger partial charge is 0.271 e. The molecule has 0 spiro atoms. The number of nitrogens with one attached hydrogen (secondary N) is 2. The lowest BCUT2D eigenvalue weighted by Crippen LogP contribution is -2.52. The van der Waals surface area contributed by atoms with Gasteiger partial charge in [-0.3, -0.25) is 9.69 Å². The van der Waals surface area contributed by atoms with Crippen LogP contribution in [0, 0.1) is 13.8 Å². The molecule has 4 N–H and O–H groups in total. The quantitative estimate of drug-likeness (QED) is 0.349. The topological polar surface area (TPSA) is 125 Å². The summed E-state index contributed by atoms with van der Waals surface area (Å²) in [7, 11) is 2.21. The van der Waals surface area contributed by atoms with Crippen LogP contribution in [0.1, 0.15) is 46.7 Å². The Morgan fingerprint density at radius 3 is 2.37 bits per heavy atom. The van der Waals surface area contributed by atoms with E-state index in [1.54, 1.807) is 0 Å². The number of carbonyl (C=O) groups excluding carboxylic acids is 1. The molecule has 0 aliphatic carbocycles. The van der Waals surface area contributed by atoms with Crippen molar-refractivity contribution in [2.24, 2.45) is 5.73 Å². The van der Waals surface area contributed by atoms with Crippen LogP contribution in [0.3, 0.4) is 0 Å². The highest BCUT2D eigenvalue weighted by Crippen LogP contribution is 2.33. The monoisotopic (exact) mass is 605 g/mol. The number of piperidine rings is 1. The molecule has 2 aromatic heterocycles. The maximum atomic E-state index is 12.6. The van der Waals surface area contributed by atoms with Gasteiger partial charge in [-0.15, -0.1) is 11.3 Å². The second-order valence-corrected chi connectivity index (χ2v) is 13.0. The number of piperazine rings is 1. The predicted octanol–water partition coefficient (Wildman–Crippen LogP) is 3.87. The number of aryl methyl sites for hydroxylation is 2. The number of aromatic nitrogens is 3. The summed E-state index contributed by atoms with van der Waals surface area (Å²) in [6, 6.07) is 7.19. The fourth-order valence-corrected chi connectivity index (χ4v) is 6.96. The van der Waals surface area contributed by atoms with E-state index in [0.717, 1.165) is 49.7 Å². The normalized spacial score (nSPS) is 19.5. The Morgan fingerprint density at radius 2 is 1.72 bits per heavy atom. The predicted molar refractivity (Wildman–Crippen MR) is 173 cm³/mol. The van der Waals surface area contributed by atoms with Crippen LogP contribution in [0.4, 0.5) is 23.0 Å². The number of thiazole rings is 1. The van der Waals surface area contributed by atoms with Crippen molar-refractivity contribution in [2.75, 3.05) is 75.1 Å². The van der Waals surface area contributed by atoms with Crippen LogP contribution in [0.5, 0.6) is 0 Å². The Balaban J connectivity index is 1.21. The molecule has 0 atom stereocenters. The van der Waals surface area contributed by atoms with Crippen molar-refractivity contribution in [3.8, 4) is 11.4 Å². The molecule has 0 unspecified atom stereocenters. The van der Waals surface area contributed by atoms with Crippen LogP contribution in [-0.4, -0.2) is 102 Å². The molecule has 6 rings (SSSR count). The maximum Gasteiger partial charge on any atom is 0.271 e. The molecule has 230 valence electrons. The van der Waals surface area contributed by atoms with E-state index >= 15 is 0 Å². The van der Waals surface area contributed by atoms with Crippen LogP contribution in [0.15, 0.2) is 23.6 Å². The molecule has 3 fully saturated rings. The molecule has 1 aromatic carbocycles. The third-order valence-corrected chi connectivity index (χ3v) is 9.65. The Kier molecular flexibility index (Phi) is 9.08. The Hall–Kier alpha value is -3.32.